The molecule has 3 aromatic carbocycles. The molecule has 5 rings (SSSR count). The van der Waals surface area contributed by atoms with Crippen molar-refractivity contribution < 1.29 is 27.5 Å². The second-order valence-electron chi connectivity index (χ2n) is 9.60. The second-order valence-corrected chi connectivity index (χ2v) is 11.7. The van der Waals surface area contributed by atoms with Gasteiger partial charge in [-0.05, 0) is 42.5 Å². The van der Waals surface area contributed by atoms with E-state index in [9.17, 15) is 18.0 Å². The number of nitrogens with zero attached hydrogens (tertiary/aromatic N) is 1. The highest BCUT2D eigenvalue weighted by molar-refractivity contribution is 7.91. The predicted molar refractivity (Wildman–Crippen MR) is 143 cm³/mol. The topological polar surface area (TPSA) is 114 Å². The maximum atomic E-state index is 13.6. The van der Waals surface area contributed by atoms with E-state index in [1.807, 2.05) is 60.7 Å². The van der Waals surface area contributed by atoms with Gasteiger partial charge in [0, 0.05) is 25.2 Å². The van der Waals surface area contributed by atoms with Crippen LogP contribution >= 0.6 is 0 Å². The molecule has 0 bridgehead atoms. The first-order chi connectivity index (χ1) is 18.3. The van der Waals surface area contributed by atoms with Crippen LogP contribution in [0.15, 0.2) is 78.9 Å². The molecule has 2 aliphatic rings. The van der Waals surface area contributed by atoms with Gasteiger partial charge >= 0.3 is 6.03 Å². The van der Waals surface area contributed by atoms with Crippen molar-refractivity contribution >= 4 is 27.6 Å². The number of rotatable bonds is 9. The third kappa shape index (κ3) is 5.45. The first kappa shape index (κ1) is 25.6. The van der Waals surface area contributed by atoms with E-state index in [1.165, 1.54) is 4.90 Å². The normalized spacial score (nSPS) is 15.8. The summed E-state index contributed by atoms with van der Waals surface area (Å²) in [7, 11) is -2.40. The fraction of sp³-hybridized carbons (Fsp3) is 0.286. The third-order valence-electron chi connectivity index (χ3n) is 6.93. The van der Waals surface area contributed by atoms with Gasteiger partial charge in [-0.2, -0.15) is 0 Å². The van der Waals surface area contributed by atoms with Gasteiger partial charge in [-0.3, -0.25) is 4.79 Å². The first-order valence-corrected chi connectivity index (χ1v) is 13.8. The Morgan fingerprint density at radius 1 is 0.921 bits per heavy atom. The minimum atomic E-state index is -3.99. The van der Waals surface area contributed by atoms with Crippen molar-refractivity contribution in [2.45, 2.75) is 36.5 Å². The molecule has 0 radical (unpaired) electrons. The molecule has 38 heavy (non-hydrogen) atoms. The van der Waals surface area contributed by atoms with Crippen molar-refractivity contribution in [2.24, 2.45) is 0 Å². The molecule has 198 valence electrons. The molecule has 0 aromatic heterocycles. The lowest BCUT2D eigenvalue weighted by Gasteiger charge is -2.26. The van der Waals surface area contributed by atoms with Crippen molar-refractivity contribution in [3.05, 3.63) is 90.0 Å². The van der Waals surface area contributed by atoms with Crippen LogP contribution in [0.1, 0.15) is 24.0 Å². The number of fused-ring (bicyclic) bond motifs is 1. The number of nitrogens with one attached hydrogen (secondary N) is 2. The summed E-state index contributed by atoms with van der Waals surface area (Å²) >= 11 is 0. The lowest BCUT2D eigenvalue weighted by Crippen LogP contribution is -2.54. The quantitative estimate of drug-likeness (QED) is 0.434. The van der Waals surface area contributed by atoms with Crippen LogP contribution in [0.25, 0.3) is 0 Å². The molecule has 3 amide bonds. The van der Waals surface area contributed by atoms with Crippen LogP contribution in [0.3, 0.4) is 0 Å². The highest BCUT2D eigenvalue weighted by atomic mass is 32.2. The van der Waals surface area contributed by atoms with Crippen LogP contribution in [-0.4, -0.2) is 45.0 Å². The van der Waals surface area contributed by atoms with Crippen LogP contribution in [0.5, 0.6) is 11.5 Å². The average molecular weight is 536 g/mol. The monoisotopic (exact) mass is 535 g/mol. The number of hydrogen-bond donors (Lipinski definition) is 2. The average Bonchev–Trinajstić information content (AvgIpc) is 3.56. The largest absolute Gasteiger partial charge is 0.454 e. The molecule has 3 aromatic rings. The van der Waals surface area contributed by atoms with E-state index in [2.05, 4.69) is 10.0 Å². The molecule has 2 N–H and O–H groups in total. The van der Waals surface area contributed by atoms with Gasteiger partial charge in [0.05, 0.1) is 4.75 Å². The van der Waals surface area contributed by atoms with Crippen molar-refractivity contribution in [1.82, 2.24) is 10.0 Å². The van der Waals surface area contributed by atoms with E-state index in [1.54, 1.807) is 25.2 Å². The molecule has 10 heteroatoms. The molecule has 1 saturated carbocycles. The Bertz CT molecular complexity index is 1430. The Balaban J connectivity index is 1.32. The van der Waals surface area contributed by atoms with Gasteiger partial charge in [0.15, 0.2) is 11.5 Å². The van der Waals surface area contributed by atoms with Gasteiger partial charge < -0.3 is 19.7 Å². The highest BCUT2D eigenvalue weighted by Crippen LogP contribution is 2.45. The summed E-state index contributed by atoms with van der Waals surface area (Å²) in [4.78, 5) is 28.0. The summed E-state index contributed by atoms with van der Waals surface area (Å²) in [6, 6.07) is 21.7. The lowest BCUT2D eigenvalue weighted by atomic mass is 10.0. The van der Waals surface area contributed by atoms with Gasteiger partial charge in [0.2, 0.25) is 22.7 Å². The number of sulfonamides is 1. The minimum absolute atomic E-state index is 0.106. The smallest absolute Gasteiger partial charge is 0.329 e. The molecule has 1 aliphatic carbocycles. The molecule has 1 unspecified atom stereocenters. The fourth-order valence-electron chi connectivity index (χ4n) is 4.57. The van der Waals surface area contributed by atoms with E-state index >= 15 is 0 Å². The SMILES string of the molecule is CN(C(=O)C(Cc1ccccc1)NC(=O)NS(=O)(=O)C1(Cc2ccccc2)CC1)c1ccc2c(c1)OCO2. The van der Waals surface area contributed by atoms with Crippen molar-refractivity contribution in [1.29, 1.82) is 0 Å². The molecule has 0 saturated heterocycles. The third-order valence-corrected chi connectivity index (χ3v) is 9.08. The Morgan fingerprint density at radius 3 is 2.21 bits per heavy atom. The van der Waals surface area contributed by atoms with Crippen molar-refractivity contribution in [3.63, 3.8) is 0 Å². The number of amides is 3. The number of hydrogen-bond acceptors (Lipinski definition) is 6. The fourth-order valence-corrected chi connectivity index (χ4v) is 6.09. The van der Waals surface area contributed by atoms with Crippen LogP contribution in [0.2, 0.25) is 0 Å². The summed E-state index contributed by atoms with van der Waals surface area (Å²) in [5.74, 6) is 0.694. The number of carbonyl (C=O) groups is 2. The highest BCUT2D eigenvalue weighted by Gasteiger charge is 2.55. The maximum Gasteiger partial charge on any atom is 0.329 e. The molecule has 1 fully saturated rings. The van der Waals surface area contributed by atoms with Crippen molar-refractivity contribution in [2.75, 3.05) is 18.7 Å². The zero-order valence-electron chi connectivity index (χ0n) is 20.9. The van der Waals surface area contributed by atoms with Gasteiger partial charge in [-0.15, -0.1) is 0 Å². The first-order valence-electron chi connectivity index (χ1n) is 12.3. The van der Waals surface area contributed by atoms with Gasteiger partial charge in [0.25, 0.3) is 0 Å². The summed E-state index contributed by atoms with van der Waals surface area (Å²) < 4.78 is 38.3. The van der Waals surface area contributed by atoms with Crippen molar-refractivity contribution in [3.8, 4) is 11.5 Å². The Labute approximate surface area is 221 Å². The molecule has 9 nitrogen and oxygen atoms in total. The maximum absolute atomic E-state index is 13.6. The van der Waals surface area contributed by atoms with Crippen LogP contribution < -0.4 is 24.4 Å². The summed E-state index contributed by atoms with van der Waals surface area (Å²) in [6.07, 6.45) is 1.42. The van der Waals surface area contributed by atoms with E-state index in [4.69, 9.17) is 9.47 Å². The van der Waals surface area contributed by atoms with Gasteiger partial charge in [-0.25, -0.2) is 17.9 Å². The standard InChI is InChI=1S/C28H29N3O6S/c1-31(22-12-13-24-25(17-22)37-19-36-24)26(32)23(16-20-8-4-2-5-9-20)29-27(33)30-38(34,35)28(14-15-28)18-21-10-6-3-7-11-21/h2-13,17,23H,14-16,18-19H2,1H3,(H2,29,30,33). The van der Waals surface area contributed by atoms with E-state index in [-0.39, 0.29) is 13.2 Å². The molecule has 1 atom stereocenters. The number of likely N-dealkylation sites (N-methyl/N-ethyl adjacent to an activating group) is 1. The summed E-state index contributed by atoms with van der Waals surface area (Å²) in [5, 5.41) is 2.61. The Hall–Kier alpha value is -4.05. The van der Waals surface area contributed by atoms with Gasteiger partial charge in [-0.1, -0.05) is 60.7 Å². The predicted octanol–water partition coefficient (Wildman–Crippen LogP) is 3.39. The Morgan fingerprint density at radius 2 is 1.55 bits per heavy atom. The zero-order chi connectivity index (χ0) is 26.8. The van der Waals surface area contributed by atoms with Crippen LogP contribution in [0.4, 0.5) is 10.5 Å². The second kappa shape index (κ2) is 10.4. The van der Waals surface area contributed by atoms with E-state index in [0.29, 0.717) is 36.4 Å². The number of urea groups is 1. The molecule has 1 aliphatic heterocycles. The minimum Gasteiger partial charge on any atom is -0.454 e. The molecule has 0 spiro atoms. The van der Waals surface area contributed by atoms with Gasteiger partial charge in [0.1, 0.15) is 6.04 Å². The number of carbonyl (C=O) groups excluding carboxylic acids is 2. The molecule has 1 heterocycles. The molecular weight excluding hydrogens is 506 g/mol. The zero-order valence-corrected chi connectivity index (χ0v) is 21.7. The Kier molecular flexibility index (Phi) is 6.98. The van der Waals surface area contributed by atoms with E-state index < -0.39 is 32.8 Å². The molecular formula is C28H29N3O6S. The summed E-state index contributed by atoms with van der Waals surface area (Å²) in [6.45, 7) is 0.106. The summed E-state index contributed by atoms with van der Waals surface area (Å²) in [5.41, 5.74) is 2.25. The number of anilines is 1. The van der Waals surface area contributed by atoms with Crippen LogP contribution in [-0.2, 0) is 27.7 Å². The lowest BCUT2D eigenvalue weighted by molar-refractivity contribution is -0.120. The van der Waals surface area contributed by atoms with Crippen LogP contribution in [0, 0.1) is 0 Å². The number of benzene rings is 3. The number of ether oxygens (including phenoxy) is 2. The van der Waals surface area contributed by atoms with E-state index in [0.717, 1.165) is 11.1 Å².